The molecule has 122 valence electrons. The minimum Gasteiger partial charge on any atom is -0.366 e. The molecule has 0 saturated heterocycles. The molecule has 0 radical (unpaired) electrons. The molecule has 0 aliphatic heterocycles. The highest BCUT2D eigenvalue weighted by molar-refractivity contribution is 7.09. The molecule has 1 aromatic heterocycles. The first-order chi connectivity index (χ1) is 11.7. The van der Waals surface area contributed by atoms with Crippen LogP contribution in [0.1, 0.15) is 20.8 Å². The smallest absolute Gasteiger partial charge is 0.248 e. The maximum atomic E-state index is 11.3. The number of amides is 1. The molecular formula is C20H20N2OS. The van der Waals surface area contributed by atoms with Gasteiger partial charge < -0.3 is 11.1 Å². The van der Waals surface area contributed by atoms with E-state index in [4.69, 9.17) is 5.73 Å². The highest BCUT2D eigenvalue weighted by Gasteiger charge is 2.03. The highest BCUT2D eigenvalue weighted by Crippen LogP contribution is 2.21. The standard InChI is InChI=1S/C20H20N2OS/c21-20(23)18-4-1-3-17(13-18)16-8-6-15(7-9-16)14-22-11-10-19-5-2-12-24-19/h1-9,12-13,22H,10-11,14H2,(H2,21,23). The number of carbonyl (C=O) groups excluding carboxylic acids is 1. The van der Waals surface area contributed by atoms with E-state index < -0.39 is 5.91 Å². The van der Waals surface area contributed by atoms with Crippen molar-refractivity contribution >= 4 is 17.2 Å². The van der Waals surface area contributed by atoms with Crippen LogP contribution in [0.25, 0.3) is 11.1 Å². The SMILES string of the molecule is NC(=O)c1cccc(-c2ccc(CNCCc3cccs3)cc2)c1. The van der Waals surface area contributed by atoms with Crippen LogP contribution in [0.5, 0.6) is 0 Å². The van der Waals surface area contributed by atoms with E-state index in [1.807, 2.05) is 18.2 Å². The minimum atomic E-state index is -0.400. The Bertz CT molecular complexity index is 795. The lowest BCUT2D eigenvalue weighted by Crippen LogP contribution is -2.16. The number of hydrogen-bond acceptors (Lipinski definition) is 3. The van der Waals surface area contributed by atoms with Gasteiger partial charge in [0.25, 0.3) is 0 Å². The molecule has 0 fully saturated rings. The van der Waals surface area contributed by atoms with E-state index >= 15 is 0 Å². The number of hydrogen-bond donors (Lipinski definition) is 2. The summed E-state index contributed by atoms with van der Waals surface area (Å²) in [7, 11) is 0. The second-order valence-corrected chi connectivity index (χ2v) is 6.68. The van der Waals surface area contributed by atoms with Crippen LogP contribution in [-0.2, 0) is 13.0 Å². The number of thiophene rings is 1. The Kier molecular flexibility index (Phi) is 5.41. The van der Waals surface area contributed by atoms with Gasteiger partial charge in [0, 0.05) is 23.5 Å². The summed E-state index contributed by atoms with van der Waals surface area (Å²) >= 11 is 1.80. The summed E-state index contributed by atoms with van der Waals surface area (Å²) in [5, 5.41) is 5.58. The van der Waals surface area contributed by atoms with Crippen molar-refractivity contribution in [3.05, 3.63) is 82.0 Å². The summed E-state index contributed by atoms with van der Waals surface area (Å²) in [6.45, 7) is 1.83. The third-order valence-corrected chi connectivity index (χ3v) is 4.83. The quantitative estimate of drug-likeness (QED) is 0.644. The molecule has 0 saturated carbocycles. The van der Waals surface area contributed by atoms with E-state index in [0.29, 0.717) is 5.56 Å². The summed E-state index contributed by atoms with van der Waals surface area (Å²) < 4.78 is 0. The normalized spacial score (nSPS) is 10.7. The molecule has 3 aromatic rings. The molecule has 24 heavy (non-hydrogen) atoms. The molecule has 3 N–H and O–H groups in total. The minimum absolute atomic E-state index is 0.400. The molecule has 0 unspecified atom stereocenters. The van der Waals surface area contributed by atoms with Crippen LogP contribution in [0.2, 0.25) is 0 Å². The predicted molar refractivity (Wildman–Crippen MR) is 100 cm³/mol. The predicted octanol–water partition coefficient (Wildman–Crippen LogP) is 3.85. The van der Waals surface area contributed by atoms with Crippen molar-refractivity contribution in [3.63, 3.8) is 0 Å². The average molecular weight is 336 g/mol. The Labute approximate surface area is 146 Å². The summed E-state index contributed by atoms with van der Waals surface area (Å²) in [6, 6.07) is 20.1. The van der Waals surface area contributed by atoms with Crippen molar-refractivity contribution in [2.45, 2.75) is 13.0 Å². The van der Waals surface area contributed by atoms with E-state index in [1.165, 1.54) is 10.4 Å². The van der Waals surface area contributed by atoms with Gasteiger partial charge in [-0.2, -0.15) is 0 Å². The van der Waals surface area contributed by atoms with Crippen LogP contribution in [0.15, 0.2) is 66.0 Å². The van der Waals surface area contributed by atoms with Crippen molar-refractivity contribution < 1.29 is 4.79 Å². The van der Waals surface area contributed by atoms with Gasteiger partial charge in [0.2, 0.25) is 5.91 Å². The lowest BCUT2D eigenvalue weighted by Gasteiger charge is -2.07. The number of rotatable bonds is 7. The number of nitrogens with one attached hydrogen (secondary N) is 1. The van der Waals surface area contributed by atoms with Crippen LogP contribution in [-0.4, -0.2) is 12.5 Å². The molecule has 4 heteroatoms. The van der Waals surface area contributed by atoms with Gasteiger partial charge in [0.05, 0.1) is 0 Å². The fraction of sp³-hybridized carbons (Fsp3) is 0.150. The first kappa shape index (κ1) is 16.4. The van der Waals surface area contributed by atoms with E-state index in [0.717, 1.165) is 30.6 Å². The Morgan fingerprint density at radius 2 is 1.83 bits per heavy atom. The summed E-state index contributed by atoms with van der Waals surface area (Å²) in [4.78, 5) is 12.7. The summed E-state index contributed by atoms with van der Waals surface area (Å²) in [6.07, 6.45) is 1.07. The molecule has 0 atom stereocenters. The topological polar surface area (TPSA) is 55.1 Å². The first-order valence-corrected chi connectivity index (χ1v) is 8.82. The van der Waals surface area contributed by atoms with Gasteiger partial charge >= 0.3 is 0 Å². The molecule has 1 amide bonds. The lowest BCUT2D eigenvalue weighted by molar-refractivity contribution is 0.100. The largest absolute Gasteiger partial charge is 0.366 e. The van der Waals surface area contributed by atoms with Gasteiger partial charge in [-0.1, -0.05) is 42.5 Å². The lowest BCUT2D eigenvalue weighted by atomic mass is 10.0. The molecule has 0 bridgehead atoms. The molecule has 3 rings (SSSR count). The zero-order chi connectivity index (χ0) is 16.8. The molecule has 0 aliphatic rings. The highest BCUT2D eigenvalue weighted by atomic mass is 32.1. The van der Waals surface area contributed by atoms with E-state index in [1.54, 1.807) is 17.4 Å². The Morgan fingerprint density at radius 3 is 2.54 bits per heavy atom. The fourth-order valence-corrected chi connectivity index (χ4v) is 3.28. The molecule has 0 spiro atoms. The van der Waals surface area contributed by atoms with Crippen molar-refractivity contribution in [3.8, 4) is 11.1 Å². The molecule has 3 nitrogen and oxygen atoms in total. The van der Waals surface area contributed by atoms with Crippen LogP contribution >= 0.6 is 11.3 Å². The number of benzene rings is 2. The van der Waals surface area contributed by atoms with Gasteiger partial charge in [-0.3, -0.25) is 4.79 Å². The van der Waals surface area contributed by atoms with Gasteiger partial charge in [-0.05, 0) is 46.7 Å². The van der Waals surface area contributed by atoms with Gasteiger partial charge in [0.15, 0.2) is 0 Å². The van der Waals surface area contributed by atoms with Crippen molar-refractivity contribution in [1.82, 2.24) is 5.32 Å². The fourth-order valence-electron chi connectivity index (χ4n) is 2.57. The maximum Gasteiger partial charge on any atom is 0.248 e. The third kappa shape index (κ3) is 4.31. The van der Waals surface area contributed by atoms with Crippen molar-refractivity contribution in [1.29, 1.82) is 0 Å². The molecule has 2 aromatic carbocycles. The summed E-state index contributed by atoms with van der Waals surface area (Å²) in [5.41, 5.74) is 9.21. The average Bonchev–Trinajstić information content (AvgIpc) is 3.13. The molecular weight excluding hydrogens is 316 g/mol. The van der Waals surface area contributed by atoms with Gasteiger partial charge in [-0.25, -0.2) is 0 Å². The Morgan fingerprint density at radius 1 is 1.00 bits per heavy atom. The van der Waals surface area contributed by atoms with Gasteiger partial charge in [0.1, 0.15) is 0 Å². The van der Waals surface area contributed by atoms with Gasteiger partial charge in [-0.15, -0.1) is 11.3 Å². The zero-order valence-corrected chi connectivity index (χ0v) is 14.2. The Balaban J connectivity index is 1.57. The van der Waals surface area contributed by atoms with E-state index in [9.17, 15) is 4.79 Å². The maximum absolute atomic E-state index is 11.3. The van der Waals surface area contributed by atoms with Crippen LogP contribution < -0.4 is 11.1 Å². The Hall–Kier alpha value is -2.43. The number of carbonyl (C=O) groups is 1. The number of nitrogens with two attached hydrogens (primary N) is 1. The molecule has 0 aliphatic carbocycles. The van der Waals surface area contributed by atoms with Crippen molar-refractivity contribution in [2.24, 2.45) is 5.73 Å². The first-order valence-electron chi connectivity index (χ1n) is 7.94. The van der Waals surface area contributed by atoms with Crippen molar-refractivity contribution in [2.75, 3.05) is 6.54 Å². The van der Waals surface area contributed by atoms with Crippen LogP contribution in [0.3, 0.4) is 0 Å². The monoisotopic (exact) mass is 336 g/mol. The second-order valence-electron chi connectivity index (χ2n) is 5.65. The second kappa shape index (κ2) is 7.90. The zero-order valence-electron chi connectivity index (χ0n) is 13.4. The van der Waals surface area contributed by atoms with E-state index in [-0.39, 0.29) is 0 Å². The van der Waals surface area contributed by atoms with Crippen LogP contribution in [0.4, 0.5) is 0 Å². The third-order valence-electron chi connectivity index (χ3n) is 3.89. The summed E-state index contributed by atoms with van der Waals surface area (Å²) in [5.74, 6) is -0.400. The van der Waals surface area contributed by atoms with Crippen LogP contribution in [0, 0.1) is 0 Å². The van der Waals surface area contributed by atoms with E-state index in [2.05, 4.69) is 47.1 Å². The molecule has 1 heterocycles. The number of primary amides is 1.